The molecule has 2 aromatic carbocycles. The van der Waals surface area contributed by atoms with Gasteiger partial charge in [0.15, 0.2) is 11.6 Å². The lowest BCUT2D eigenvalue weighted by Gasteiger charge is -2.27. The van der Waals surface area contributed by atoms with Gasteiger partial charge in [-0.25, -0.2) is 17.2 Å². The van der Waals surface area contributed by atoms with E-state index in [0.717, 1.165) is 37.1 Å². The highest BCUT2D eigenvalue weighted by Crippen LogP contribution is 2.30. The van der Waals surface area contributed by atoms with Crippen LogP contribution >= 0.6 is 0 Å². The average Bonchev–Trinajstić information content (AvgIpc) is 2.69. The number of halogens is 2. The van der Waals surface area contributed by atoms with E-state index in [1.54, 1.807) is 18.2 Å². The van der Waals surface area contributed by atoms with Crippen molar-refractivity contribution in [3.63, 3.8) is 0 Å². The van der Waals surface area contributed by atoms with Crippen LogP contribution in [0.5, 0.6) is 0 Å². The zero-order chi connectivity index (χ0) is 20.3. The molecule has 8 heteroatoms. The molecular weight excluding hydrogens is 384 g/mol. The molecule has 152 valence electrons. The second-order valence-electron chi connectivity index (χ2n) is 7.14. The summed E-state index contributed by atoms with van der Waals surface area (Å²) < 4.78 is 54.0. The minimum Gasteiger partial charge on any atom is -0.379 e. The smallest absolute Gasteiger partial charge is 0.243 e. The molecule has 0 spiro atoms. The largest absolute Gasteiger partial charge is 0.379 e. The molecule has 0 unspecified atom stereocenters. The lowest BCUT2D eigenvalue weighted by atomic mass is 10.2. The maximum atomic E-state index is 13.4. The van der Waals surface area contributed by atoms with E-state index in [4.69, 9.17) is 0 Å². The van der Waals surface area contributed by atoms with E-state index in [1.807, 2.05) is 19.0 Å². The van der Waals surface area contributed by atoms with Crippen molar-refractivity contribution in [2.45, 2.75) is 30.7 Å². The summed E-state index contributed by atoms with van der Waals surface area (Å²) in [6.45, 7) is 1.32. The molecule has 0 aliphatic carbocycles. The molecule has 0 saturated carbocycles. The Morgan fingerprint density at radius 2 is 1.71 bits per heavy atom. The monoisotopic (exact) mass is 409 g/mol. The predicted molar refractivity (Wildman–Crippen MR) is 107 cm³/mol. The quantitative estimate of drug-likeness (QED) is 0.788. The van der Waals surface area contributed by atoms with Crippen molar-refractivity contribution in [3.05, 3.63) is 53.6 Å². The van der Waals surface area contributed by atoms with Gasteiger partial charge >= 0.3 is 0 Å². The molecule has 28 heavy (non-hydrogen) atoms. The normalized spacial score (nSPS) is 15.4. The van der Waals surface area contributed by atoms with Crippen LogP contribution in [0.4, 0.5) is 20.2 Å². The predicted octanol–water partition coefficient (Wildman–Crippen LogP) is 3.82. The summed E-state index contributed by atoms with van der Waals surface area (Å²) in [7, 11) is 0.159. The molecule has 3 rings (SSSR count). The van der Waals surface area contributed by atoms with E-state index in [0.29, 0.717) is 24.3 Å². The minimum absolute atomic E-state index is 0.229. The zero-order valence-electron chi connectivity index (χ0n) is 16.1. The maximum absolute atomic E-state index is 13.4. The highest BCUT2D eigenvalue weighted by atomic mass is 32.2. The van der Waals surface area contributed by atoms with Gasteiger partial charge in [0.2, 0.25) is 10.0 Å². The topological polar surface area (TPSA) is 52.7 Å². The Morgan fingerprint density at radius 3 is 2.36 bits per heavy atom. The third kappa shape index (κ3) is 4.44. The lowest BCUT2D eigenvalue weighted by Crippen LogP contribution is -2.35. The minimum atomic E-state index is -3.56. The molecule has 1 N–H and O–H groups in total. The van der Waals surface area contributed by atoms with Gasteiger partial charge in [0.05, 0.1) is 16.3 Å². The van der Waals surface area contributed by atoms with E-state index in [-0.39, 0.29) is 11.4 Å². The molecule has 0 radical (unpaired) electrons. The summed E-state index contributed by atoms with van der Waals surface area (Å²) in [4.78, 5) is 2.10. The Balaban J connectivity index is 1.88. The van der Waals surface area contributed by atoms with E-state index in [9.17, 15) is 17.2 Å². The summed E-state index contributed by atoms with van der Waals surface area (Å²) in [6.07, 6.45) is 2.79. The van der Waals surface area contributed by atoms with Crippen LogP contribution in [-0.4, -0.2) is 39.9 Å². The molecule has 1 saturated heterocycles. The van der Waals surface area contributed by atoms with Crippen LogP contribution < -0.4 is 10.2 Å². The summed E-state index contributed by atoms with van der Waals surface area (Å²) in [5, 5.41) is 3.16. The second-order valence-corrected chi connectivity index (χ2v) is 9.08. The standard InChI is InChI=1S/C20H25F2N3O2S/c1-24(2)20-9-7-16(28(26,27)25-10-4-3-5-11-25)13-19(20)23-14-15-6-8-17(21)18(22)12-15/h6-9,12-13,23H,3-5,10-11,14H2,1-2H3. The molecule has 0 amide bonds. The van der Waals surface area contributed by atoms with Crippen LogP contribution in [0.1, 0.15) is 24.8 Å². The molecule has 1 fully saturated rings. The Hall–Kier alpha value is -2.19. The molecule has 0 aromatic heterocycles. The Bertz CT molecular complexity index is 942. The summed E-state index contributed by atoms with van der Waals surface area (Å²) in [6, 6.07) is 8.68. The molecule has 5 nitrogen and oxygen atoms in total. The average molecular weight is 410 g/mol. The number of rotatable bonds is 6. The van der Waals surface area contributed by atoms with Gasteiger partial charge < -0.3 is 10.2 Å². The lowest BCUT2D eigenvalue weighted by molar-refractivity contribution is 0.346. The second kappa shape index (κ2) is 8.45. The number of nitrogens with zero attached hydrogens (tertiary/aromatic N) is 2. The number of hydrogen-bond acceptors (Lipinski definition) is 4. The van der Waals surface area contributed by atoms with Crippen molar-refractivity contribution in [2.75, 3.05) is 37.4 Å². The van der Waals surface area contributed by atoms with Gasteiger partial charge in [0, 0.05) is 33.7 Å². The first-order valence-electron chi connectivity index (χ1n) is 9.28. The highest BCUT2D eigenvalue weighted by Gasteiger charge is 2.26. The van der Waals surface area contributed by atoms with Crippen LogP contribution in [-0.2, 0) is 16.6 Å². The highest BCUT2D eigenvalue weighted by molar-refractivity contribution is 7.89. The Morgan fingerprint density at radius 1 is 1.00 bits per heavy atom. The number of sulfonamides is 1. The third-order valence-corrected chi connectivity index (χ3v) is 6.76. The van der Waals surface area contributed by atoms with Gasteiger partial charge in [0.25, 0.3) is 0 Å². The van der Waals surface area contributed by atoms with Gasteiger partial charge in [-0.2, -0.15) is 4.31 Å². The number of benzene rings is 2. The van der Waals surface area contributed by atoms with Crippen LogP contribution in [0.15, 0.2) is 41.3 Å². The summed E-state index contributed by atoms with van der Waals surface area (Å²) in [5.74, 6) is -1.80. The zero-order valence-corrected chi connectivity index (χ0v) is 16.9. The van der Waals surface area contributed by atoms with E-state index in [1.165, 1.54) is 10.4 Å². The van der Waals surface area contributed by atoms with E-state index >= 15 is 0 Å². The summed E-state index contributed by atoms with van der Waals surface area (Å²) >= 11 is 0. The molecule has 0 bridgehead atoms. The SMILES string of the molecule is CN(C)c1ccc(S(=O)(=O)N2CCCCC2)cc1NCc1ccc(F)c(F)c1. The third-order valence-electron chi connectivity index (χ3n) is 4.87. The molecule has 2 aromatic rings. The number of piperidine rings is 1. The molecular formula is C20H25F2N3O2S. The Kier molecular flexibility index (Phi) is 6.20. The van der Waals surface area contributed by atoms with Crippen LogP contribution in [0, 0.1) is 11.6 Å². The maximum Gasteiger partial charge on any atom is 0.243 e. The van der Waals surface area contributed by atoms with Crippen LogP contribution in [0.3, 0.4) is 0 Å². The van der Waals surface area contributed by atoms with Crippen molar-refractivity contribution in [1.29, 1.82) is 0 Å². The van der Waals surface area contributed by atoms with Crippen molar-refractivity contribution < 1.29 is 17.2 Å². The van der Waals surface area contributed by atoms with Gasteiger partial charge in [-0.1, -0.05) is 12.5 Å². The van der Waals surface area contributed by atoms with Crippen molar-refractivity contribution in [2.24, 2.45) is 0 Å². The van der Waals surface area contributed by atoms with Crippen molar-refractivity contribution >= 4 is 21.4 Å². The fraction of sp³-hybridized carbons (Fsp3) is 0.400. The molecule has 1 aliphatic heterocycles. The van der Waals surface area contributed by atoms with Gasteiger partial charge in [-0.15, -0.1) is 0 Å². The van der Waals surface area contributed by atoms with Crippen LogP contribution in [0.25, 0.3) is 0 Å². The van der Waals surface area contributed by atoms with Gasteiger partial charge in [-0.05, 0) is 48.7 Å². The first kappa shape index (κ1) is 20.5. The van der Waals surface area contributed by atoms with Gasteiger partial charge in [-0.3, -0.25) is 0 Å². The first-order valence-corrected chi connectivity index (χ1v) is 10.7. The van der Waals surface area contributed by atoms with Crippen molar-refractivity contribution in [3.8, 4) is 0 Å². The number of hydrogen-bond donors (Lipinski definition) is 1. The summed E-state index contributed by atoms with van der Waals surface area (Å²) in [5.41, 5.74) is 1.99. The number of anilines is 2. The molecule has 1 heterocycles. The molecule has 1 aliphatic rings. The fourth-order valence-corrected chi connectivity index (χ4v) is 4.85. The van der Waals surface area contributed by atoms with Crippen molar-refractivity contribution in [1.82, 2.24) is 4.31 Å². The van der Waals surface area contributed by atoms with E-state index < -0.39 is 21.7 Å². The van der Waals surface area contributed by atoms with E-state index in [2.05, 4.69) is 5.32 Å². The fourth-order valence-electron chi connectivity index (χ4n) is 3.31. The van der Waals surface area contributed by atoms with Crippen LogP contribution in [0.2, 0.25) is 0 Å². The Labute approximate surface area is 165 Å². The molecule has 0 atom stereocenters. The number of nitrogens with one attached hydrogen (secondary N) is 1. The first-order chi connectivity index (χ1) is 13.3. The van der Waals surface area contributed by atoms with Gasteiger partial charge in [0.1, 0.15) is 0 Å².